The van der Waals surface area contributed by atoms with Crippen molar-refractivity contribution in [3.63, 3.8) is 0 Å². The number of esters is 1. The van der Waals surface area contributed by atoms with Crippen molar-refractivity contribution in [3.05, 3.63) is 28.7 Å². The normalized spacial score (nSPS) is 16.6. The number of hydrogen-bond donors (Lipinski definition) is 1. The summed E-state index contributed by atoms with van der Waals surface area (Å²) in [6.07, 6.45) is 2.41. The predicted molar refractivity (Wildman–Crippen MR) is 70.2 cm³/mol. The molecule has 0 unspecified atom stereocenters. The van der Waals surface area contributed by atoms with Gasteiger partial charge in [-0.3, -0.25) is 4.79 Å². The Morgan fingerprint density at radius 2 is 2.40 bits per heavy atom. The third kappa shape index (κ3) is 3.52. The Labute approximate surface area is 115 Å². The van der Waals surface area contributed by atoms with Gasteiger partial charge in [0.2, 0.25) is 0 Å². The van der Waals surface area contributed by atoms with Crippen LogP contribution < -0.4 is 5.32 Å². The van der Waals surface area contributed by atoms with Gasteiger partial charge in [-0.25, -0.2) is 0 Å². The van der Waals surface area contributed by atoms with E-state index < -0.39 is 5.97 Å². The number of carbonyl (C=O) groups is 1. The summed E-state index contributed by atoms with van der Waals surface area (Å²) in [5.41, 5.74) is 1.44. The van der Waals surface area contributed by atoms with Crippen molar-refractivity contribution in [2.75, 3.05) is 18.5 Å². The number of nitriles is 1. The second-order valence-corrected chi connectivity index (χ2v) is 4.35. The minimum Gasteiger partial charge on any atom is -0.381 e. The zero-order valence-electron chi connectivity index (χ0n) is 10.7. The maximum absolute atomic E-state index is 11.2. The van der Waals surface area contributed by atoms with E-state index in [2.05, 4.69) is 15.2 Å². The molecule has 1 fully saturated rings. The van der Waals surface area contributed by atoms with Crippen molar-refractivity contribution >= 4 is 17.3 Å². The minimum atomic E-state index is -0.646. The smallest absolute Gasteiger partial charge is 0.326 e. The Bertz CT molecular complexity index is 549. The second-order valence-electron chi connectivity index (χ2n) is 4.35. The fourth-order valence-electron chi connectivity index (χ4n) is 1.84. The molecule has 20 heavy (non-hydrogen) atoms. The van der Waals surface area contributed by atoms with Crippen LogP contribution in [0.2, 0.25) is 0 Å². The summed E-state index contributed by atoms with van der Waals surface area (Å²) < 4.78 is 9.48. The molecule has 1 aromatic carbocycles. The van der Waals surface area contributed by atoms with Gasteiger partial charge in [-0.15, -0.1) is 10.2 Å². The summed E-state index contributed by atoms with van der Waals surface area (Å²) in [4.78, 5) is 22.0. The largest absolute Gasteiger partial charge is 0.381 e. The van der Waals surface area contributed by atoms with E-state index in [1.807, 2.05) is 0 Å². The van der Waals surface area contributed by atoms with Crippen molar-refractivity contribution in [2.45, 2.75) is 18.9 Å². The van der Waals surface area contributed by atoms with Crippen LogP contribution in [0, 0.1) is 16.4 Å². The van der Waals surface area contributed by atoms with E-state index in [1.165, 1.54) is 12.3 Å². The van der Waals surface area contributed by atoms with Crippen LogP contribution in [0.5, 0.6) is 0 Å². The quantitative estimate of drug-likeness (QED) is 0.483. The average Bonchev–Trinajstić information content (AvgIpc) is 2.37. The van der Waals surface area contributed by atoms with Gasteiger partial charge in [0.25, 0.3) is 6.26 Å². The standard InChI is InChI=1S/C13H13N3O4/c14-8-20-13(17)6-9-1-2-11(16-18)12(5-9)15-7-10-3-4-19-10/h1-2,5,10,15H,3-4,6-7H2/t10-/m0/s1. The summed E-state index contributed by atoms with van der Waals surface area (Å²) in [7, 11) is 0. The molecule has 0 aromatic heterocycles. The van der Waals surface area contributed by atoms with E-state index in [0.29, 0.717) is 17.8 Å². The lowest BCUT2D eigenvalue weighted by atomic mass is 10.1. The Hall–Kier alpha value is -2.46. The number of anilines is 1. The molecule has 104 valence electrons. The Balaban J connectivity index is 2.04. The fraction of sp³-hybridized carbons (Fsp3) is 0.385. The average molecular weight is 275 g/mol. The van der Waals surface area contributed by atoms with Gasteiger partial charge < -0.3 is 14.8 Å². The predicted octanol–water partition coefficient (Wildman–Crippen LogP) is 1.85. The van der Waals surface area contributed by atoms with Crippen molar-refractivity contribution in [2.24, 2.45) is 5.18 Å². The molecule has 1 aliphatic rings. The second kappa shape index (κ2) is 6.63. The highest BCUT2D eigenvalue weighted by Crippen LogP contribution is 2.27. The number of rotatable bonds is 6. The molecular formula is C13H13N3O4. The van der Waals surface area contributed by atoms with Crippen molar-refractivity contribution in [1.82, 2.24) is 0 Å². The molecule has 0 amide bonds. The first-order chi connectivity index (χ1) is 9.72. The third-order valence-corrected chi connectivity index (χ3v) is 2.98. The van der Waals surface area contributed by atoms with Gasteiger partial charge in [0, 0.05) is 13.2 Å². The van der Waals surface area contributed by atoms with Crippen LogP contribution in [0.15, 0.2) is 23.4 Å². The van der Waals surface area contributed by atoms with Gasteiger partial charge in [0.05, 0.1) is 18.2 Å². The van der Waals surface area contributed by atoms with Crippen LogP contribution in [0.25, 0.3) is 0 Å². The molecule has 0 spiro atoms. The van der Waals surface area contributed by atoms with Crippen LogP contribution in [0.4, 0.5) is 11.4 Å². The fourth-order valence-corrected chi connectivity index (χ4v) is 1.84. The molecule has 1 atom stereocenters. The molecule has 7 heteroatoms. The number of nitroso groups, excluding NO2 is 1. The van der Waals surface area contributed by atoms with Crippen LogP contribution >= 0.6 is 0 Å². The van der Waals surface area contributed by atoms with Crippen molar-refractivity contribution < 1.29 is 14.3 Å². The van der Waals surface area contributed by atoms with Gasteiger partial charge in [0.15, 0.2) is 0 Å². The lowest BCUT2D eigenvalue weighted by molar-refractivity contribution is -0.136. The Morgan fingerprint density at radius 1 is 1.60 bits per heavy atom. The molecule has 2 rings (SSSR count). The van der Waals surface area contributed by atoms with Gasteiger partial charge in [-0.05, 0) is 29.3 Å². The topological polar surface area (TPSA) is 101 Å². The first-order valence-electron chi connectivity index (χ1n) is 6.13. The number of hydrogen-bond acceptors (Lipinski definition) is 7. The molecule has 1 N–H and O–H groups in total. The maximum atomic E-state index is 11.2. The highest BCUT2D eigenvalue weighted by Gasteiger charge is 2.18. The van der Waals surface area contributed by atoms with Gasteiger partial charge in [-0.2, -0.15) is 0 Å². The van der Waals surface area contributed by atoms with Gasteiger partial charge in [0.1, 0.15) is 5.69 Å². The Morgan fingerprint density at radius 3 is 3.00 bits per heavy atom. The van der Waals surface area contributed by atoms with Crippen LogP contribution in [-0.4, -0.2) is 25.2 Å². The van der Waals surface area contributed by atoms with E-state index in [-0.39, 0.29) is 18.2 Å². The van der Waals surface area contributed by atoms with Gasteiger partial charge >= 0.3 is 5.97 Å². The number of nitrogens with zero attached hydrogens (tertiary/aromatic N) is 2. The van der Waals surface area contributed by atoms with E-state index in [0.717, 1.165) is 13.0 Å². The number of ether oxygens (including phenoxy) is 2. The minimum absolute atomic E-state index is 0.0404. The number of carbonyl (C=O) groups excluding carboxylic acids is 1. The monoisotopic (exact) mass is 275 g/mol. The van der Waals surface area contributed by atoms with E-state index >= 15 is 0 Å². The summed E-state index contributed by atoms with van der Waals surface area (Å²) in [6.45, 7) is 1.33. The highest BCUT2D eigenvalue weighted by molar-refractivity contribution is 5.75. The highest BCUT2D eigenvalue weighted by atomic mass is 16.5. The molecule has 1 aliphatic heterocycles. The summed E-state index contributed by atoms with van der Waals surface area (Å²) >= 11 is 0. The molecule has 1 saturated heterocycles. The molecule has 0 bridgehead atoms. The van der Waals surface area contributed by atoms with E-state index in [4.69, 9.17) is 10.00 Å². The SMILES string of the molecule is N#COC(=O)Cc1ccc(N=O)c(NC[C@@H]2CCO2)c1. The molecular weight excluding hydrogens is 262 g/mol. The van der Waals surface area contributed by atoms with Crippen molar-refractivity contribution in [1.29, 1.82) is 5.26 Å². The van der Waals surface area contributed by atoms with Crippen LogP contribution in [0.3, 0.4) is 0 Å². The third-order valence-electron chi connectivity index (χ3n) is 2.98. The molecule has 0 saturated carbocycles. The van der Waals surface area contributed by atoms with Crippen molar-refractivity contribution in [3.8, 4) is 6.26 Å². The number of benzene rings is 1. The lowest BCUT2D eigenvalue weighted by Crippen LogP contribution is -2.33. The van der Waals surface area contributed by atoms with E-state index in [1.54, 1.807) is 12.1 Å². The first kappa shape index (κ1) is 14.0. The van der Waals surface area contributed by atoms with Crippen LogP contribution in [0.1, 0.15) is 12.0 Å². The molecule has 0 aliphatic carbocycles. The lowest BCUT2D eigenvalue weighted by Gasteiger charge is -2.27. The summed E-state index contributed by atoms with van der Waals surface area (Å²) in [6, 6.07) is 4.76. The van der Waals surface area contributed by atoms with Crippen LogP contribution in [-0.2, 0) is 20.7 Å². The molecule has 7 nitrogen and oxygen atoms in total. The molecule has 0 radical (unpaired) electrons. The molecule has 1 heterocycles. The van der Waals surface area contributed by atoms with E-state index in [9.17, 15) is 9.70 Å². The van der Waals surface area contributed by atoms with Gasteiger partial charge in [-0.1, -0.05) is 6.07 Å². The summed E-state index contributed by atoms with van der Waals surface area (Å²) in [5, 5.41) is 14.3. The zero-order valence-corrected chi connectivity index (χ0v) is 10.7. The summed E-state index contributed by atoms with van der Waals surface area (Å²) in [5.74, 6) is -0.646. The zero-order chi connectivity index (χ0) is 14.4. The number of nitrogens with one attached hydrogen (secondary N) is 1. The maximum Gasteiger partial charge on any atom is 0.326 e. The first-order valence-corrected chi connectivity index (χ1v) is 6.13. The molecule has 1 aromatic rings. The Kier molecular flexibility index (Phi) is 4.63.